The highest BCUT2D eigenvalue weighted by Crippen LogP contribution is 2.64. The molecule has 3 aromatic carbocycles. The number of imide groups is 2. The number of nitrogens with zero attached hydrogens (tertiary/aromatic N) is 3. The molecule has 330 valence electrons. The first-order chi connectivity index (χ1) is 29.6. The topological polar surface area (TPSA) is 129 Å². The lowest BCUT2D eigenvalue weighted by Crippen LogP contribution is -2.53. The van der Waals surface area contributed by atoms with Crippen LogP contribution in [0.5, 0.6) is 5.75 Å². The number of allylic oxidation sites excluding steroid dienone is 2. The molecular weight excluding hydrogens is 898 g/mol. The molecular formula is C42H29Cl2F9N4O6. The Morgan fingerprint density at radius 1 is 0.778 bits per heavy atom. The number of hydrogen-bond donors (Lipinski definition) is 2. The Balaban J connectivity index is 1.29. The van der Waals surface area contributed by atoms with E-state index < -0.39 is 110 Å². The third-order valence-electron chi connectivity index (χ3n) is 12.0. The van der Waals surface area contributed by atoms with Crippen LogP contribution in [0, 0.1) is 23.7 Å². The highest BCUT2D eigenvalue weighted by Gasteiger charge is 2.70. The summed E-state index contributed by atoms with van der Waals surface area (Å²) in [5.41, 5.74) is -4.29. The largest absolute Gasteiger partial charge is 0.491 e. The van der Waals surface area contributed by atoms with Gasteiger partial charge in [-0.25, -0.2) is 9.88 Å². The summed E-state index contributed by atoms with van der Waals surface area (Å²) in [5.74, 6) is -10.9. The molecule has 8 rings (SSSR count). The van der Waals surface area contributed by atoms with Crippen molar-refractivity contribution in [1.82, 2.24) is 9.99 Å². The van der Waals surface area contributed by atoms with Gasteiger partial charge in [0.05, 0.1) is 57.2 Å². The van der Waals surface area contributed by atoms with E-state index in [0.717, 1.165) is 0 Å². The van der Waals surface area contributed by atoms with Gasteiger partial charge in [0, 0.05) is 17.1 Å². The number of anilines is 2. The van der Waals surface area contributed by atoms with Crippen molar-refractivity contribution in [2.75, 3.05) is 23.5 Å². The number of hydrazine groups is 1. The highest BCUT2D eigenvalue weighted by atomic mass is 35.5. The zero-order valence-electron chi connectivity index (χ0n) is 31.8. The van der Waals surface area contributed by atoms with Crippen LogP contribution in [0.25, 0.3) is 0 Å². The number of alkyl halides is 9. The summed E-state index contributed by atoms with van der Waals surface area (Å²) < 4.78 is 130. The molecule has 2 aliphatic carbocycles. The van der Waals surface area contributed by atoms with Gasteiger partial charge >= 0.3 is 18.5 Å². The predicted octanol–water partition coefficient (Wildman–Crippen LogP) is 9.01. The van der Waals surface area contributed by atoms with Crippen molar-refractivity contribution >= 4 is 58.3 Å². The summed E-state index contributed by atoms with van der Waals surface area (Å²) in [4.78, 5) is 62.9. The zero-order valence-corrected chi connectivity index (χ0v) is 33.3. The minimum atomic E-state index is -5.31. The van der Waals surface area contributed by atoms with Crippen LogP contribution in [0.1, 0.15) is 46.6 Å². The minimum Gasteiger partial charge on any atom is -0.491 e. The van der Waals surface area contributed by atoms with E-state index in [0.29, 0.717) is 33.3 Å². The molecule has 63 heavy (non-hydrogen) atoms. The number of rotatable bonds is 8. The lowest BCUT2D eigenvalue weighted by atomic mass is 9.49. The van der Waals surface area contributed by atoms with Gasteiger partial charge in [-0.3, -0.25) is 24.6 Å². The summed E-state index contributed by atoms with van der Waals surface area (Å²) in [6, 6.07) is 12.9. The number of carbonyl (C=O) groups excluding carboxylic acids is 4. The van der Waals surface area contributed by atoms with Crippen molar-refractivity contribution < 1.29 is 68.5 Å². The molecule has 2 saturated heterocycles. The Kier molecular flexibility index (Phi) is 10.9. The van der Waals surface area contributed by atoms with Gasteiger partial charge in [0.1, 0.15) is 12.4 Å². The number of aliphatic hydroxyl groups is 1. The summed E-state index contributed by atoms with van der Waals surface area (Å²) in [5, 5.41) is 9.48. The Bertz CT molecular complexity index is 2540. The van der Waals surface area contributed by atoms with E-state index in [-0.39, 0.29) is 60.6 Å². The first-order valence-electron chi connectivity index (χ1n) is 18.9. The van der Waals surface area contributed by atoms with E-state index in [1.165, 1.54) is 36.4 Å². The van der Waals surface area contributed by atoms with Gasteiger partial charge in [0.15, 0.2) is 5.82 Å². The van der Waals surface area contributed by atoms with Crippen molar-refractivity contribution in [3.63, 3.8) is 0 Å². The van der Waals surface area contributed by atoms with Crippen molar-refractivity contribution in [3.05, 3.63) is 129 Å². The number of fused-ring (bicyclic) bond motifs is 4. The van der Waals surface area contributed by atoms with Crippen LogP contribution in [0.15, 0.2) is 90.6 Å². The fourth-order valence-corrected chi connectivity index (χ4v) is 9.73. The number of amides is 4. The van der Waals surface area contributed by atoms with Gasteiger partial charge in [-0.2, -0.15) is 44.5 Å². The number of ether oxygens (including phenoxy) is 1. The van der Waals surface area contributed by atoms with Gasteiger partial charge < -0.3 is 9.84 Å². The number of aromatic nitrogens is 1. The molecule has 2 N–H and O–H groups in total. The molecule has 0 bridgehead atoms. The highest BCUT2D eigenvalue weighted by molar-refractivity contribution is 6.33. The van der Waals surface area contributed by atoms with Crippen molar-refractivity contribution in [2.45, 2.75) is 42.7 Å². The van der Waals surface area contributed by atoms with Crippen LogP contribution >= 0.6 is 23.2 Å². The Morgan fingerprint density at radius 2 is 1.40 bits per heavy atom. The van der Waals surface area contributed by atoms with Gasteiger partial charge in [-0.05, 0) is 78.4 Å². The molecule has 6 atom stereocenters. The quantitative estimate of drug-likeness (QED) is 0.102. The summed E-state index contributed by atoms with van der Waals surface area (Å²) in [6.07, 6.45) is -14.1. The van der Waals surface area contributed by atoms with Crippen LogP contribution in [-0.2, 0) is 43.1 Å². The minimum absolute atomic E-state index is 0.0903. The normalized spacial score (nSPS) is 24.9. The molecule has 0 spiro atoms. The third-order valence-corrected chi connectivity index (χ3v) is 12.5. The number of hydrogen-bond acceptors (Lipinski definition) is 8. The molecule has 3 heterocycles. The molecule has 3 fully saturated rings. The van der Waals surface area contributed by atoms with Crippen molar-refractivity contribution in [1.29, 1.82) is 0 Å². The van der Waals surface area contributed by atoms with Crippen LogP contribution < -0.4 is 15.1 Å². The van der Waals surface area contributed by atoms with Crippen molar-refractivity contribution in [3.8, 4) is 5.75 Å². The summed E-state index contributed by atoms with van der Waals surface area (Å²) >= 11 is 12.5. The second-order valence-corrected chi connectivity index (χ2v) is 16.2. The van der Waals surface area contributed by atoms with Gasteiger partial charge in [0.25, 0.3) is 11.8 Å². The van der Waals surface area contributed by atoms with Gasteiger partial charge in [0.2, 0.25) is 11.8 Å². The Morgan fingerprint density at radius 3 is 1.97 bits per heavy atom. The maximum Gasteiger partial charge on any atom is 0.417 e. The fraction of sp³-hybridized carbons (Fsp3) is 0.310. The predicted molar refractivity (Wildman–Crippen MR) is 205 cm³/mol. The average Bonchev–Trinajstić information content (AvgIpc) is 3.60. The molecule has 0 radical (unpaired) electrons. The van der Waals surface area contributed by atoms with Crippen LogP contribution in [-0.4, -0.2) is 51.9 Å². The molecule has 4 aromatic rings. The lowest BCUT2D eigenvalue weighted by Gasteiger charge is -2.50. The fourth-order valence-electron chi connectivity index (χ4n) is 9.40. The van der Waals surface area contributed by atoms with Crippen LogP contribution in [0.3, 0.4) is 0 Å². The third kappa shape index (κ3) is 7.36. The van der Waals surface area contributed by atoms with Crippen LogP contribution in [0.2, 0.25) is 10.0 Å². The smallest absolute Gasteiger partial charge is 0.417 e. The van der Waals surface area contributed by atoms with E-state index in [9.17, 15) is 59.0 Å². The van der Waals surface area contributed by atoms with E-state index in [1.54, 1.807) is 18.2 Å². The lowest BCUT2D eigenvalue weighted by molar-refractivity contribution is -0.143. The van der Waals surface area contributed by atoms with Gasteiger partial charge in [-0.15, -0.1) is 0 Å². The maximum absolute atomic E-state index is 15.3. The first kappa shape index (κ1) is 44.0. The monoisotopic (exact) mass is 926 g/mol. The number of aliphatic hydroxyl groups excluding tert-OH is 1. The number of carbonyl (C=O) groups is 4. The number of halogens is 11. The molecule has 2 aliphatic heterocycles. The SMILES string of the molecule is O=C1C2CC3C(=CCC4C(=O)N(c5cc(C(F)(F)F)cc(C(F)(F)F)c5)C(=O)C43)C(c3ccc(OCCO)cc3)C2(c2ccc(Cl)cc2)C(=O)N1Nc1ncc(C(F)(F)F)cc1Cl. The number of benzene rings is 3. The average molecular weight is 928 g/mol. The summed E-state index contributed by atoms with van der Waals surface area (Å²) in [7, 11) is 0. The molecule has 10 nitrogen and oxygen atoms in total. The second-order valence-electron chi connectivity index (χ2n) is 15.3. The number of pyridine rings is 1. The standard InChI is InChI=1S/C42H29Cl2F9N4O6/c43-24-5-3-20(4-6-24)39-30(36(60)57(38(39)62)55-34-31(44)16-23(18-54-34)42(51,52)53)17-29-27(33(39)19-1-7-26(8-2-19)63-12-11-58)9-10-28-32(29)37(61)56(35(28)59)25-14-21(40(45,46)47)13-22(15-25)41(48,49)50/h1-9,13-16,18,28-30,32-33,58H,10-12,17H2,(H,54,55). The maximum atomic E-state index is 15.3. The second kappa shape index (κ2) is 15.5. The number of nitrogens with one attached hydrogen (secondary N) is 1. The summed E-state index contributed by atoms with van der Waals surface area (Å²) in [6.45, 7) is -0.422. The molecule has 1 aromatic heterocycles. The molecule has 4 amide bonds. The van der Waals surface area contributed by atoms with Crippen LogP contribution in [0.4, 0.5) is 51.0 Å². The molecule has 4 aliphatic rings. The zero-order chi connectivity index (χ0) is 45.6. The van der Waals surface area contributed by atoms with Crippen molar-refractivity contribution in [2.24, 2.45) is 23.7 Å². The van der Waals surface area contributed by atoms with E-state index >= 15 is 4.79 Å². The Labute approximate surface area is 360 Å². The van der Waals surface area contributed by atoms with E-state index in [4.69, 9.17) is 27.9 Å². The van der Waals surface area contributed by atoms with E-state index in [2.05, 4.69) is 10.4 Å². The first-order valence-corrected chi connectivity index (χ1v) is 19.7. The molecule has 6 unspecified atom stereocenters. The molecule has 1 saturated carbocycles. The van der Waals surface area contributed by atoms with Gasteiger partial charge in [-0.1, -0.05) is 59.1 Å². The van der Waals surface area contributed by atoms with E-state index in [1.807, 2.05) is 0 Å². The molecule has 21 heteroatoms. The Hall–Kier alpha value is -5.66.